The van der Waals surface area contributed by atoms with Gasteiger partial charge in [0.15, 0.2) is 0 Å². The topological polar surface area (TPSA) is 62.0 Å². The van der Waals surface area contributed by atoms with Crippen molar-refractivity contribution in [3.8, 4) is 0 Å². The number of aliphatic hydroxyl groups is 1. The number of rotatable bonds is 5. The minimum atomic E-state index is 0.234. The number of piperazine rings is 1. The molecule has 5 heteroatoms. The molecule has 2 aromatic rings. The van der Waals surface area contributed by atoms with Gasteiger partial charge in [-0.2, -0.15) is 0 Å². The van der Waals surface area contributed by atoms with Crippen LogP contribution in [-0.4, -0.2) is 61.7 Å². The number of carbonyl (C=O) groups is 1. The van der Waals surface area contributed by atoms with Crippen LogP contribution in [0.2, 0.25) is 0 Å². The second-order valence-electron chi connectivity index (χ2n) is 6.75. The first-order valence-electron chi connectivity index (χ1n) is 8.48. The molecule has 1 aliphatic rings. The summed E-state index contributed by atoms with van der Waals surface area (Å²) in [5.74, 6) is 0.234. The molecule has 0 saturated carbocycles. The van der Waals surface area contributed by atoms with Gasteiger partial charge in [0, 0.05) is 16.6 Å². The van der Waals surface area contributed by atoms with Crippen molar-refractivity contribution in [3.63, 3.8) is 0 Å². The molecular formula is C18H27N3O2+2. The average Bonchev–Trinajstić information content (AvgIpc) is 2.84. The third-order valence-electron chi connectivity index (χ3n) is 4.96. The van der Waals surface area contributed by atoms with Gasteiger partial charge in [-0.25, -0.2) is 0 Å². The Kier molecular flexibility index (Phi) is 4.80. The zero-order chi connectivity index (χ0) is 16.4. The zero-order valence-corrected chi connectivity index (χ0v) is 14.0. The molecule has 1 fully saturated rings. The minimum absolute atomic E-state index is 0.234. The summed E-state index contributed by atoms with van der Waals surface area (Å²) in [6.45, 7) is 9.76. The number of ketones is 1. The number of hydrogen-bond donors (Lipinski definition) is 4. The van der Waals surface area contributed by atoms with E-state index in [1.807, 2.05) is 6.92 Å². The van der Waals surface area contributed by atoms with Gasteiger partial charge in [-0.3, -0.25) is 4.79 Å². The summed E-state index contributed by atoms with van der Waals surface area (Å²) in [5, 5.41) is 10.1. The monoisotopic (exact) mass is 317 g/mol. The van der Waals surface area contributed by atoms with Gasteiger partial charge in [-0.05, 0) is 25.5 Å². The molecule has 0 aliphatic carbocycles. The molecule has 3 rings (SSSR count). The van der Waals surface area contributed by atoms with E-state index in [-0.39, 0.29) is 12.4 Å². The van der Waals surface area contributed by atoms with Crippen LogP contribution >= 0.6 is 0 Å². The lowest BCUT2D eigenvalue weighted by Crippen LogP contribution is -3.28. The molecule has 0 spiro atoms. The first-order chi connectivity index (χ1) is 11.1. The Bertz CT molecular complexity index is 700. The number of aromatic nitrogens is 1. The van der Waals surface area contributed by atoms with Crippen molar-refractivity contribution in [2.45, 2.75) is 13.8 Å². The fourth-order valence-electron chi connectivity index (χ4n) is 3.66. The van der Waals surface area contributed by atoms with Gasteiger partial charge in [-0.15, -0.1) is 0 Å². The van der Waals surface area contributed by atoms with E-state index < -0.39 is 0 Å². The number of Topliss-reactive ketones (excluding diaryl/α,β-unsaturated/α-hetero) is 1. The smallest absolute Gasteiger partial charge is 0.219 e. The van der Waals surface area contributed by atoms with Crippen molar-refractivity contribution >= 4 is 16.7 Å². The molecule has 5 nitrogen and oxygen atoms in total. The van der Waals surface area contributed by atoms with Crippen LogP contribution in [0.15, 0.2) is 18.2 Å². The predicted molar refractivity (Wildman–Crippen MR) is 90.3 cm³/mol. The van der Waals surface area contributed by atoms with Gasteiger partial charge >= 0.3 is 0 Å². The summed E-state index contributed by atoms with van der Waals surface area (Å²) in [5.41, 5.74) is 4.08. The Labute approximate surface area is 136 Å². The van der Waals surface area contributed by atoms with Crippen LogP contribution in [0.1, 0.15) is 21.6 Å². The molecule has 0 unspecified atom stereocenters. The maximum atomic E-state index is 12.8. The average molecular weight is 317 g/mol. The zero-order valence-electron chi connectivity index (χ0n) is 14.0. The van der Waals surface area contributed by atoms with E-state index in [2.05, 4.69) is 30.1 Å². The van der Waals surface area contributed by atoms with Crippen molar-refractivity contribution < 1.29 is 19.7 Å². The first kappa shape index (κ1) is 16.2. The molecule has 0 amide bonds. The van der Waals surface area contributed by atoms with Crippen LogP contribution in [0.25, 0.3) is 10.9 Å². The molecular weight excluding hydrogens is 290 g/mol. The third kappa shape index (κ3) is 3.47. The Balaban J connectivity index is 1.71. The van der Waals surface area contributed by atoms with Crippen molar-refractivity contribution in [1.82, 2.24) is 4.98 Å². The quantitative estimate of drug-likeness (QED) is 0.521. The van der Waals surface area contributed by atoms with Gasteiger partial charge in [0.2, 0.25) is 5.78 Å². The molecule has 1 aromatic carbocycles. The Morgan fingerprint density at radius 2 is 1.87 bits per heavy atom. The molecule has 2 heterocycles. The molecule has 0 radical (unpaired) electrons. The van der Waals surface area contributed by atoms with Crippen molar-refractivity contribution in [3.05, 3.63) is 35.0 Å². The summed E-state index contributed by atoms with van der Waals surface area (Å²) in [4.78, 5) is 19.0. The van der Waals surface area contributed by atoms with Crippen LogP contribution in [0.3, 0.4) is 0 Å². The standard InChI is InChI=1S/C18H25N3O2/c1-13-3-4-15-16(11-13)19-14(2)18(15)17(23)12-21-7-5-20(6-8-21)9-10-22/h3-4,11,19,22H,5-10,12H2,1-2H3/p+2. The number of quaternary nitrogens is 2. The molecule has 1 aromatic heterocycles. The lowest BCUT2D eigenvalue weighted by molar-refractivity contribution is -1.01. The number of hydrogen-bond acceptors (Lipinski definition) is 2. The highest BCUT2D eigenvalue weighted by Crippen LogP contribution is 2.23. The second kappa shape index (κ2) is 6.83. The van der Waals surface area contributed by atoms with Gasteiger partial charge in [0.05, 0.1) is 12.2 Å². The summed E-state index contributed by atoms with van der Waals surface area (Å²) >= 11 is 0. The lowest BCUT2D eigenvalue weighted by atomic mass is 10.0. The van der Waals surface area contributed by atoms with E-state index in [9.17, 15) is 4.79 Å². The Morgan fingerprint density at radius 1 is 1.17 bits per heavy atom. The Hall–Kier alpha value is -1.69. The van der Waals surface area contributed by atoms with Crippen molar-refractivity contribution in [2.75, 3.05) is 45.9 Å². The SMILES string of the molecule is Cc1ccc2c(C(=O)C[NH+]3CC[NH+](CCO)CC3)c(C)[nH]c2c1. The summed E-state index contributed by atoms with van der Waals surface area (Å²) in [6.07, 6.45) is 0. The number of aliphatic hydroxyl groups excluding tert-OH is 1. The van der Waals surface area contributed by atoms with Crippen LogP contribution in [0.4, 0.5) is 0 Å². The maximum absolute atomic E-state index is 12.8. The second-order valence-corrected chi connectivity index (χ2v) is 6.75. The van der Waals surface area contributed by atoms with Crippen molar-refractivity contribution in [1.29, 1.82) is 0 Å². The highest BCUT2D eigenvalue weighted by atomic mass is 16.3. The highest BCUT2D eigenvalue weighted by Gasteiger charge is 2.26. The largest absolute Gasteiger partial charge is 0.391 e. The van der Waals surface area contributed by atoms with E-state index in [0.29, 0.717) is 6.54 Å². The van der Waals surface area contributed by atoms with E-state index in [1.54, 1.807) is 0 Å². The number of nitrogens with one attached hydrogen (secondary N) is 3. The number of benzene rings is 1. The molecule has 1 saturated heterocycles. The fraction of sp³-hybridized carbons (Fsp3) is 0.500. The van der Waals surface area contributed by atoms with Crippen LogP contribution < -0.4 is 9.80 Å². The highest BCUT2D eigenvalue weighted by molar-refractivity contribution is 6.09. The van der Waals surface area contributed by atoms with E-state index in [1.165, 1.54) is 15.4 Å². The van der Waals surface area contributed by atoms with Crippen molar-refractivity contribution in [2.24, 2.45) is 0 Å². The normalized spacial score (nSPS) is 21.7. The van der Waals surface area contributed by atoms with Crippen LogP contribution in [-0.2, 0) is 0 Å². The molecule has 23 heavy (non-hydrogen) atoms. The lowest BCUT2D eigenvalue weighted by Gasteiger charge is -2.28. The molecule has 4 N–H and O–H groups in total. The minimum Gasteiger partial charge on any atom is -0.391 e. The first-order valence-corrected chi connectivity index (χ1v) is 8.48. The van der Waals surface area contributed by atoms with E-state index in [0.717, 1.165) is 54.9 Å². The number of fused-ring (bicyclic) bond motifs is 1. The predicted octanol–water partition coefficient (Wildman–Crippen LogP) is -1.26. The van der Waals surface area contributed by atoms with Gasteiger partial charge in [-0.1, -0.05) is 12.1 Å². The molecule has 0 bridgehead atoms. The number of carbonyl (C=O) groups excluding carboxylic acids is 1. The van der Waals surface area contributed by atoms with E-state index >= 15 is 0 Å². The van der Waals surface area contributed by atoms with Crippen LogP contribution in [0, 0.1) is 13.8 Å². The molecule has 1 aliphatic heterocycles. The van der Waals surface area contributed by atoms with Gasteiger partial charge in [0.25, 0.3) is 0 Å². The Morgan fingerprint density at radius 3 is 2.57 bits per heavy atom. The van der Waals surface area contributed by atoms with Gasteiger partial charge in [0.1, 0.15) is 39.3 Å². The number of H-pyrrole nitrogens is 1. The van der Waals surface area contributed by atoms with Gasteiger partial charge < -0.3 is 19.9 Å². The summed E-state index contributed by atoms with van der Waals surface area (Å²) < 4.78 is 0. The number of aromatic amines is 1. The summed E-state index contributed by atoms with van der Waals surface area (Å²) in [6, 6.07) is 6.22. The summed E-state index contributed by atoms with van der Waals surface area (Å²) in [7, 11) is 0. The third-order valence-corrected chi connectivity index (χ3v) is 4.96. The molecule has 124 valence electrons. The molecule has 0 atom stereocenters. The fourth-order valence-corrected chi connectivity index (χ4v) is 3.66. The van der Waals surface area contributed by atoms with Crippen LogP contribution in [0.5, 0.6) is 0 Å². The number of aryl methyl sites for hydroxylation is 2. The maximum Gasteiger partial charge on any atom is 0.219 e. The van der Waals surface area contributed by atoms with E-state index in [4.69, 9.17) is 5.11 Å².